The van der Waals surface area contributed by atoms with Crippen LogP contribution in [-0.4, -0.2) is 18.2 Å². The highest BCUT2D eigenvalue weighted by Gasteiger charge is 2.13. The summed E-state index contributed by atoms with van der Waals surface area (Å²) >= 11 is 0. The molecule has 18 heavy (non-hydrogen) atoms. The Balaban J connectivity index is 2.60. The second-order valence-corrected chi connectivity index (χ2v) is 4.39. The number of aliphatic imine (C=N–C) groups is 1. The zero-order valence-electron chi connectivity index (χ0n) is 10.8. The minimum atomic E-state index is 0.389. The van der Waals surface area contributed by atoms with Crippen LogP contribution in [0.4, 0.5) is 0 Å². The lowest BCUT2D eigenvalue weighted by atomic mass is 10.0. The minimum Gasteiger partial charge on any atom is -0.454 e. The van der Waals surface area contributed by atoms with Gasteiger partial charge in [-0.2, -0.15) is 0 Å². The lowest BCUT2D eigenvalue weighted by molar-refractivity contribution is 0.593. The maximum atomic E-state index is 5.86. The lowest BCUT2D eigenvalue weighted by Gasteiger charge is -2.04. The molecular formula is C14H17N3O. The van der Waals surface area contributed by atoms with Gasteiger partial charge < -0.3 is 10.2 Å². The number of nitrogens with two attached hydrogens (primary N) is 1. The maximum Gasteiger partial charge on any atom is 0.156 e. The Kier molecular flexibility index (Phi) is 3.46. The molecule has 2 rings (SSSR count). The molecule has 0 atom stereocenters. The van der Waals surface area contributed by atoms with E-state index in [0.29, 0.717) is 11.7 Å². The van der Waals surface area contributed by atoms with Crippen LogP contribution in [-0.2, 0) is 0 Å². The first kappa shape index (κ1) is 12.4. The molecule has 0 unspecified atom stereocenters. The van der Waals surface area contributed by atoms with Crippen LogP contribution in [0.15, 0.2) is 33.9 Å². The van der Waals surface area contributed by atoms with Crippen molar-refractivity contribution in [1.82, 2.24) is 4.98 Å². The Hall–Kier alpha value is -2.10. The number of allylic oxidation sites excluding steroid dienone is 1. The van der Waals surface area contributed by atoms with Crippen molar-refractivity contribution in [2.75, 3.05) is 7.05 Å². The fourth-order valence-corrected chi connectivity index (χ4v) is 1.88. The third kappa shape index (κ3) is 2.14. The van der Waals surface area contributed by atoms with Crippen molar-refractivity contribution in [1.29, 1.82) is 0 Å². The molecule has 0 aliphatic carbocycles. The van der Waals surface area contributed by atoms with E-state index in [2.05, 4.69) is 23.8 Å². The number of aromatic nitrogens is 1. The highest BCUT2D eigenvalue weighted by molar-refractivity contribution is 6.09. The number of hydrogen-bond donors (Lipinski definition) is 1. The van der Waals surface area contributed by atoms with Gasteiger partial charge in [0.05, 0.1) is 5.57 Å². The predicted molar refractivity (Wildman–Crippen MR) is 74.7 cm³/mol. The summed E-state index contributed by atoms with van der Waals surface area (Å²) in [4.78, 5) is 8.27. The largest absolute Gasteiger partial charge is 0.454 e. The fourth-order valence-electron chi connectivity index (χ4n) is 1.88. The summed E-state index contributed by atoms with van der Waals surface area (Å²) in [5, 5.41) is 0. The molecule has 2 N–H and O–H groups in total. The number of furan rings is 1. The SMILES string of the molecule is CN=C/C(=C\N)c1cc2nccc(C(C)C)c2o1. The summed E-state index contributed by atoms with van der Waals surface area (Å²) in [6, 6.07) is 3.88. The molecule has 4 heteroatoms. The van der Waals surface area contributed by atoms with E-state index >= 15 is 0 Å². The van der Waals surface area contributed by atoms with Gasteiger partial charge in [0.2, 0.25) is 0 Å². The highest BCUT2D eigenvalue weighted by Crippen LogP contribution is 2.28. The van der Waals surface area contributed by atoms with Crippen LogP contribution in [0.25, 0.3) is 16.7 Å². The van der Waals surface area contributed by atoms with E-state index in [1.807, 2.05) is 12.1 Å². The first-order chi connectivity index (χ1) is 8.67. The Labute approximate surface area is 106 Å². The smallest absolute Gasteiger partial charge is 0.156 e. The summed E-state index contributed by atoms with van der Waals surface area (Å²) in [6.07, 6.45) is 4.96. The molecule has 2 heterocycles. The Morgan fingerprint density at radius 1 is 1.50 bits per heavy atom. The number of nitrogens with zero attached hydrogens (tertiary/aromatic N) is 2. The van der Waals surface area contributed by atoms with Gasteiger partial charge in [0.15, 0.2) is 5.58 Å². The topological polar surface area (TPSA) is 64.4 Å². The Bertz CT molecular complexity index is 609. The number of fused-ring (bicyclic) bond motifs is 1. The molecule has 0 saturated carbocycles. The van der Waals surface area contributed by atoms with Crippen molar-refractivity contribution in [3.05, 3.63) is 35.9 Å². The summed E-state index contributed by atoms with van der Waals surface area (Å²) in [6.45, 7) is 4.26. The second kappa shape index (κ2) is 5.04. The van der Waals surface area contributed by atoms with Gasteiger partial charge in [-0.15, -0.1) is 0 Å². The van der Waals surface area contributed by atoms with Crippen LogP contribution < -0.4 is 5.73 Å². The summed E-state index contributed by atoms with van der Waals surface area (Å²) in [5.74, 6) is 1.08. The van der Waals surface area contributed by atoms with Gasteiger partial charge in [0, 0.05) is 37.3 Å². The van der Waals surface area contributed by atoms with E-state index in [1.54, 1.807) is 19.5 Å². The lowest BCUT2D eigenvalue weighted by Crippen LogP contribution is -1.89. The second-order valence-electron chi connectivity index (χ2n) is 4.39. The van der Waals surface area contributed by atoms with Crippen LogP contribution in [0, 0.1) is 0 Å². The van der Waals surface area contributed by atoms with Crippen LogP contribution >= 0.6 is 0 Å². The van der Waals surface area contributed by atoms with Gasteiger partial charge in [0.25, 0.3) is 0 Å². The molecule has 4 nitrogen and oxygen atoms in total. The molecule has 0 radical (unpaired) electrons. The van der Waals surface area contributed by atoms with Gasteiger partial charge in [-0.1, -0.05) is 13.8 Å². The average molecular weight is 243 g/mol. The fraction of sp³-hybridized carbons (Fsp3) is 0.286. The van der Waals surface area contributed by atoms with Crippen molar-refractivity contribution in [2.24, 2.45) is 10.7 Å². The minimum absolute atomic E-state index is 0.389. The van der Waals surface area contributed by atoms with Crippen LogP contribution in [0.3, 0.4) is 0 Å². The molecular weight excluding hydrogens is 226 g/mol. The standard InChI is InChI=1S/C14H17N3O/c1-9(2)11-4-5-17-12-6-13(18-14(11)12)10(7-15)8-16-3/h4-9H,15H2,1-3H3/b10-7+,16-8?. The number of pyridine rings is 1. The van der Waals surface area contributed by atoms with E-state index in [9.17, 15) is 0 Å². The van der Waals surface area contributed by atoms with Gasteiger partial charge >= 0.3 is 0 Å². The first-order valence-corrected chi connectivity index (χ1v) is 5.90. The van der Waals surface area contributed by atoms with Crippen molar-refractivity contribution < 1.29 is 4.42 Å². The Morgan fingerprint density at radius 3 is 2.89 bits per heavy atom. The predicted octanol–water partition coefficient (Wildman–Crippen LogP) is 2.95. The third-order valence-electron chi connectivity index (χ3n) is 2.80. The van der Waals surface area contributed by atoms with Crippen molar-refractivity contribution in [2.45, 2.75) is 19.8 Å². The average Bonchev–Trinajstić information content (AvgIpc) is 2.78. The van der Waals surface area contributed by atoms with Gasteiger partial charge in [-0.05, 0) is 12.0 Å². The molecule has 2 aromatic rings. The van der Waals surface area contributed by atoms with Crippen molar-refractivity contribution in [3.63, 3.8) is 0 Å². The van der Waals surface area contributed by atoms with Gasteiger partial charge in [-0.3, -0.25) is 9.98 Å². The van der Waals surface area contributed by atoms with E-state index < -0.39 is 0 Å². The molecule has 0 fully saturated rings. The van der Waals surface area contributed by atoms with Crippen LogP contribution in [0.2, 0.25) is 0 Å². The zero-order valence-corrected chi connectivity index (χ0v) is 10.8. The van der Waals surface area contributed by atoms with E-state index in [-0.39, 0.29) is 0 Å². The Morgan fingerprint density at radius 2 is 2.28 bits per heavy atom. The third-order valence-corrected chi connectivity index (χ3v) is 2.80. The van der Waals surface area contributed by atoms with E-state index in [4.69, 9.17) is 10.2 Å². The van der Waals surface area contributed by atoms with Gasteiger partial charge in [0.1, 0.15) is 11.3 Å². The first-order valence-electron chi connectivity index (χ1n) is 5.90. The highest BCUT2D eigenvalue weighted by atomic mass is 16.3. The molecule has 0 saturated heterocycles. The van der Waals surface area contributed by atoms with Gasteiger partial charge in [-0.25, -0.2) is 0 Å². The normalized spacial score (nSPS) is 13.0. The quantitative estimate of drug-likeness (QED) is 0.843. The van der Waals surface area contributed by atoms with Crippen LogP contribution in [0.1, 0.15) is 31.1 Å². The molecule has 0 aliphatic rings. The molecule has 0 spiro atoms. The molecule has 0 amide bonds. The molecule has 94 valence electrons. The molecule has 2 aromatic heterocycles. The molecule has 0 aliphatic heterocycles. The van der Waals surface area contributed by atoms with Crippen molar-refractivity contribution in [3.8, 4) is 0 Å². The molecule has 0 bridgehead atoms. The van der Waals surface area contributed by atoms with E-state index in [0.717, 1.165) is 22.2 Å². The number of hydrogen-bond acceptors (Lipinski definition) is 4. The van der Waals surface area contributed by atoms with Crippen molar-refractivity contribution >= 4 is 22.9 Å². The van der Waals surface area contributed by atoms with E-state index in [1.165, 1.54) is 6.20 Å². The monoisotopic (exact) mass is 243 g/mol. The summed E-state index contributed by atoms with van der Waals surface area (Å²) in [7, 11) is 1.70. The molecule has 0 aromatic carbocycles. The number of rotatable bonds is 3. The van der Waals surface area contributed by atoms with Crippen LogP contribution in [0.5, 0.6) is 0 Å². The summed E-state index contributed by atoms with van der Waals surface area (Å²) in [5.41, 5.74) is 9.15. The summed E-state index contributed by atoms with van der Waals surface area (Å²) < 4.78 is 5.86. The maximum absolute atomic E-state index is 5.86. The zero-order chi connectivity index (χ0) is 13.1.